The first-order valence-electron chi connectivity index (χ1n) is 6.22. The Kier molecular flexibility index (Phi) is 3.41. The summed E-state index contributed by atoms with van der Waals surface area (Å²) in [7, 11) is 0. The maximum absolute atomic E-state index is 11.8. The van der Waals surface area contributed by atoms with E-state index in [1.807, 2.05) is 0 Å². The van der Waals surface area contributed by atoms with Gasteiger partial charge < -0.3 is 14.9 Å². The standard InChI is InChI=1S/C11H13N5O5/c17-3-6-8(16-5-12-4-13-16)9(19)10(21-6)15-2-1-7(18)14-11(15)20/h1-2,4-6,8-10,17,19H,3H2,(H,14,18,20)/t6-,8-,9+,10-/m1/s1. The fourth-order valence-electron chi connectivity index (χ4n) is 2.44. The predicted octanol–water partition coefficient (Wildman–Crippen LogP) is -2.38. The lowest BCUT2D eigenvalue weighted by atomic mass is 10.1. The summed E-state index contributed by atoms with van der Waals surface area (Å²) in [6.45, 7) is -0.365. The van der Waals surface area contributed by atoms with Crippen molar-refractivity contribution < 1.29 is 14.9 Å². The van der Waals surface area contributed by atoms with Crippen LogP contribution in [0.15, 0.2) is 34.5 Å². The molecule has 0 aliphatic carbocycles. The summed E-state index contributed by atoms with van der Waals surface area (Å²) in [5, 5.41) is 23.7. The molecule has 112 valence electrons. The van der Waals surface area contributed by atoms with Gasteiger partial charge in [0.2, 0.25) is 0 Å². The van der Waals surface area contributed by atoms with Gasteiger partial charge >= 0.3 is 5.69 Å². The molecular formula is C11H13N5O5. The molecule has 4 atom stereocenters. The molecule has 3 rings (SSSR count). The summed E-state index contributed by atoms with van der Waals surface area (Å²) in [6, 6.07) is 0.454. The number of nitrogens with zero attached hydrogens (tertiary/aromatic N) is 4. The first kappa shape index (κ1) is 13.7. The Hall–Kier alpha value is -2.30. The number of hydrogen-bond donors (Lipinski definition) is 3. The summed E-state index contributed by atoms with van der Waals surface area (Å²) in [5.74, 6) is 0. The number of ether oxygens (including phenoxy) is 1. The third-order valence-electron chi connectivity index (χ3n) is 3.38. The van der Waals surface area contributed by atoms with Crippen LogP contribution < -0.4 is 11.2 Å². The summed E-state index contributed by atoms with van der Waals surface area (Å²) in [5.41, 5.74) is -1.25. The van der Waals surface area contributed by atoms with Gasteiger partial charge in [0.25, 0.3) is 5.56 Å². The second-order valence-corrected chi connectivity index (χ2v) is 4.62. The molecule has 0 saturated carbocycles. The van der Waals surface area contributed by atoms with Crippen molar-refractivity contribution in [3.05, 3.63) is 45.8 Å². The van der Waals surface area contributed by atoms with Crippen molar-refractivity contribution in [1.29, 1.82) is 0 Å². The summed E-state index contributed by atoms with van der Waals surface area (Å²) < 4.78 is 7.94. The molecule has 1 aliphatic rings. The van der Waals surface area contributed by atoms with Crippen molar-refractivity contribution in [2.75, 3.05) is 6.61 Å². The number of aromatic amines is 1. The summed E-state index contributed by atoms with van der Waals surface area (Å²) in [6.07, 6.45) is 0.963. The zero-order valence-corrected chi connectivity index (χ0v) is 10.7. The monoisotopic (exact) mass is 295 g/mol. The third kappa shape index (κ3) is 2.28. The van der Waals surface area contributed by atoms with Crippen LogP contribution in [0.5, 0.6) is 0 Å². The SMILES string of the molecule is O=c1ccn([C@@H]2O[C@H](CO)[C@@H](n3cncn3)[C@@H]2O)c(=O)[nH]1. The number of nitrogens with one attached hydrogen (secondary N) is 1. The minimum Gasteiger partial charge on any atom is -0.394 e. The predicted molar refractivity (Wildman–Crippen MR) is 67.4 cm³/mol. The van der Waals surface area contributed by atoms with Gasteiger partial charge in [0.15, 0.2) is 6.23 Å². The molecule has 21 heavy (non-hydrogen) atoms. The van der Waals surface area contributed by atoms with Crippen LogP contribution in [0.1, 0.15) is 12.3 Å². The average molecular weight is 295 g/mol. The fraction of sp³-hybridized carbons (Fsp3) is 0.455. The molecule has 1 fully saturated rings. The molecule has 1 saturated heterocycles. The molecule has 10 nitrogen and oxygen atoms in total. The summed E-state index contributed by atoms with van der Waals surface area (Å²) >= 11 is 0. The van der Waals surface area contributed by atoms with E-state index in [1.54, 1.807) is 0 Å². The minimum absolute atomic E-state index is 0.365. The van der Waals surface area contributed by atoms with E-state index in [4.69, 9.17) is 4.74 Å². The number of aliphatic hydroxyl groups is 2. The molecule has 0 unspecified atom stereocenters. The zero-order chi connectivity index (χ0) is 15.0. The van der Waals surface area contributed by atoms with Gasteiger partial charge in [-0.15, -0.1) is 0 Å². The molecule has 3 N–H and O–H groups in total. The van der Waals surface area contributed by atoms with E-state index in [0.717, 1.165) is 10.6 Å². The second kappa shape index (κ2) is 5.24. The minimum atomic E-state index is -1.15. The molecule has 0 aromatic carbocycles. The van der Waals surface area contributed by atoms with Crippen LogP contribution >= 0.6 is 0 Å². The maximum Gasteiger partial charge on any atom is 0.330 e. The van der Waals surface area contributed by atoms with Crippen LogP contribution in [0.4, 0.5) is 0 Å². The van der Waals surface area contributed by atoms with E-state index in [-0.39, 0.29) is 6.61 Å². The summed E-state index contributed by atoms with van der Waals surface area (Å²) in [4.78, 5) is 28.7. The van der Waals surface area contributed by atoms with Crippen LogP contribution in [-0.4, -0.2) is 53.3 Å². The highest BCUT2D eigenvalue weighted by molar-refractivity contribution is 4.95. The Balaban J connectivity index is 1.98. The largest absolute Gasteiger partial charge is 0.394 e. The Morgan fingerprint density at radius 3 is 2.86 bits per heavy atom. The highest BCUT2D eigenvalue weighted by atomic mass is 16.5. The normalized spacial score (nSPS) is 28.9. The van der Waals surface area contributed by atoms with Gasteiger partial charge in [-0.25, -0.2) is 14.5 Å². The highest BCUT2D eigenvalue weighted by Crippen LogP contribution is 2.35. The molecule has 0 amide bonds. The van der Waals surface area contributed by atoms with Gasteiger partial charge in [-0.3, -0.25) is 14.3 Å². The van der Waals surface area contributed by atoms with Crippen molar-refractivity contribution in [2.24, 2.45) is 0 Å². The molecule has 10 heteroatoms. The smallest absolute Gasteiger partial charge is 0.330 e. The molecule has 0 spiro atoms. The fourth-order valence-corrected chi connectivity index (χ4v) is 2.44. The number of rotatable bonds is 3. The van der Waals surface area contributed by atoms with E-state index >= 15 is 0 Å². The third-order valence-corrected chi connectivity index (χ3v) is 3.38. The van der Waals surface area contributed by atoms with Crippen LogP contribution in [0.3, 0.4) is 0 Å². The van der Waals surface area contributed by atoms with Gasteiger partial charge in [-0.1, -0.05) is 0 Å². The maximum atomic E-state index is 11.8. The average Bonchev–Trinajstić information content (AvgIpc) is 3.06. The van der Waals surface area contributed by atoms with E-state index in [2.05, 4.69) is 15.1 Å². The molecular weight excluding hydrogens is 282 g/mol. The van der Waals surface area contributed by atoms with Crippen molar-refractivity contribution in [3.63, 3.8) is 0 Å². The quantitative estimate of drug-likeness (QED) is 0.575. The number of aromatic nitrogens is 5. The van der Waals surface area contributed by atoms with Crippen molar-refractivity contribution in [2.45, 2.75) is 24.5 Å². The highest BCUT2D eigenvalue weighted by Gasteiger charge is 2.46. The van der Waals surface area contributed by atoms with Crippen molar-refractivity contribution >= 4 is 0 Å². The lowest BCUT2D eigenvalue weighted by Crippen LogP contribution is -2.36. The van der Waals surface area contributed by atoms with Gasteiger partial charge in [-0.05, 0) is 0 Å². The van der Waals surface area contributed by atoms with Crippen LogP contribution in [0.25, 0.3) is 0 Å². The first-order chi connectivity index (χ1) is 10.1. The molecule has 1 aliphatic heterocycles. The topological polar surface area (TPSA) is 135 Å². The molecule has 0 radical (unpaired) electrons. The Labute approximate surface area is 117 Å². The zero-order valence-electron chi connectivity index (χ0n) is 10.7. The number of aliphatic hydroxyl groups excluding tert-OH is 2. The molecule has 2 aromatic rings. The van der Waals surface area contributed by atoms with E-state index in [1.165, 1.54) is 23.5 Å². The first-order valence-corrected chi connectivity index (χ1v) is 6.22. The van der Waals surface area contributed by atoms with Gasteiger partial charge in [-0.2, -0.15) is 5.10 Å². The molecule has 0 bridgehead atoms. The van der Waals surface area contributed by atoms with E-state index in [0.29, 0.717) is 0 Å². The Morgan fingerprint density at radius 1 is 1.43 bits per heavy atom. The van der Waals surface area contributed by atoms with Crippen LogP contribution in [0.2, 0.25) is 0 Å². The van der Waals surface area contributed by atoms with Crippen molar-refractivity contribution in [3.8, 4) is 0 Å². The molecule has 3 heterocycles. The number of H-pyrrole nitrogens is 1. The van der Waals surface area contributed by atoms with Gasteiger partial charge in [0, 0.05) is 12.3 Å². The molecule has 2 aromatic heterocycles. The Bertz CT molecular complexity index is 723. The van der Waals surface area contributed by atoms with E-state index < -0.39 is 35.7 Å². The van der Waals surface area contributed by atoms with Gasteiger partial charge in [0.1, 0.15) is 30.9 Å². The second-order valence-electron chi connectivity index (χ2n) is 4.62. The van der Waals surface area contributed by atoms with E-state index in [9.17, 15) is 19.8 Å². The van der Waals surface area contributed by atoms with Crippen molar-refractivity contribution in [1.82, 2.24) is 24.3 Å². The number of hydrogen-bond acceptors (Lipinski definition) is 7. The van der Waals surface area contributed by atoms with Gasteiger partial charge in [0.05, 0.1) is 6.61 Å². The van der Waals surface area contributed by atoms with Crippen LogP contribution in [-0.2, 0) is 4.74 Å². The van der Waals surface area contributed by atoms with Crippen LogP contribution in [0, 0.1) is 0 Å². The Morgan fingerprint density at radius 2 is 2.24 bits per heavy atom. The lowest BCUT2D eigenvalue weighted by molar-refractivity contribution is -0.0535. The lowest BCUT2D eigenvalue weighted by Gasteiger charge is -2.19.